The van der Waals surface area contributed by atoms with E-state index in [1.165, 1.54) is 0 Å². The summed E-state index contributed by atoms with van der Waals surface area (Å²) in [6.45, 7) is -0.475. The second-order valence-corrected chi connectivity index (χ2v) is 4.44. The Hall–Kier alpha value is -2.16. The molecule has 6 nitrogen and oxygen atoms in total. The third kappa shape index (κ3) is 2.97. The standard InChI is InChI=1S/C11H7ClF3N3O3/c12-7-6-3-5(9(19)20)1-2-18(8(6)17-4-16-7)10(21)11(13,14)15/h3-4H,1-2H2,(H,19,20). The van der Waals surface area contributed by atoms with E-state index in [1.54, 1.807) is 0 Å². The number of rotatable bonds is 1. The molecular weight excluding hydrogens is 315 g/mol. The predicted octanol–water partition coefficient (Wildman–Crippen LogP) is 1.90. The SMILES string of the molecule is O=C(O)C1=Cc2c(Cl)ncnc2N(C(=O)C(F)(F)F)CC1. The van der Waals surface area contributed by atoms with Gasteiger partial charge in [0.2, 0.25) is 0 Å². The minimum absolute atomic E-state index is 0.133. The number of carboxylic acid groups (broad SMARTS) is 1. The number of carbonyl (C=O) groups excluding carboxylic acids is 1. The molecule has 0 spiro atoms. The van der Waals surface area contributed by atoms with Crippen LogP contribution in [0.15, 0.2) is 11.9 Å². The van der Waals surface area contributed by atoms with Crippen LogP contribution in [0.25, 0.3) is 6.08 Å². The van der Waals surface area contributed by atoms with Crippen LogP contribution in [-0.4, -0.2) is 39.7 Å². The van der Waals surface area contributed by atoms with Gasteiger partial charge in [0.15, 0.2) is 0 Å². The van der Waals surface area contributed by atoms with E-state index in [2.05, 4.69) is 9.97 Å². The summed E-state index contributed by atoms with van der Waals surface area (Å²) in [6, 6.07) is 0. The second-order valence-electron chi connectivity index (χ2n) is 4.08. The molecule has 21 heavy (non-hydrogen) atoms. The lowest BCUT2D eigenvalue weighted by atomic mass is 10.1. The van der Waals surface area contributed by atoms with Crippen molar-refractivity contribution in [2.45, 2.75) is 12.6 Å². The number of aliphatic carboxylic acids is 1. The van der Waals surface area contributed by atoms with Gasteiger partial charge in [0.05, 0.1) is 5.56 Å². The van der Waals surface area contributed by atoms with E-state index in [1.807, 2.05) is 0 Å². The Morgan fingerprint density at radius 3 is 2.57 bits per heavy atom. The summed E-state index contributed by atoms with van der Waals surface area (Å²) in [6.07, 6.45) is -3.41. The molecular formula is C11H7ClF3N3O3. The topological polar surface area (TPSA) is 83.4 Å². The summed E-state index contributed by atoms with van der Waals surface area (Å²) in [7, 11) is 0. The summed E-state index contributed by atoms with van der Waals surface area (Å²) in [5.74, 6) is -3.82. The zero-order valence-corrected chi connectivity index (χ0v) is 10.9. The van der Waals surface area contributed by atoms with Crippen molar-refractivity contribution in [1.82, 2.24) is 9.97 Å². The van der Waals surface area contributed by atoms with E-state index in [9.17, 15) is 22.8 Å². The van der Waals surface area contributed by atoms with Crippen molar-refractivity contribution in [3.8, 4) is 0 Å². The van der Waals surface area contributed by atoms with Crippen LogP contribution in [0.2, 0.25) is 5.15 Å². The van der Waals surface area contributed by atoms with Gasteiger partial charge in [-0.15, -0.1) is 0 Å². The van der Waals surface area contributed by atoms with E-state index in [4.69, 9.17) is 16.7 Å². The molecule has 0 saturated carbocycles. The minimum atomic E-state index is -5.11. The van der Waals surface area contributed by atoms with Crippen LogP contribution in [0, 0.1) is 0 Å². The number of fused-ring (bicyclic) bond motifs is 1. The van der Waals surface area contributed by atoms with Gasteiger partial charge in [-0.05, 0) is 12.5 Å². The van der Waals surface area contributed by atoms with Crippen molar-refractivity contribution >= 4 is 35.4 Å². The molecule has 1 aliphatic heterocycles. The Morgan fingerprint density at radius 2 is 2.00 bits per heavy atom. The van der Waals surface area contributed by atoms with Crippen molar-refractivity contribution in [3.63, 3.8) is 0 Å². The summed E-state index contributed by atoms with van der Waals surface area (Å²) in [4.78, 5) is 30.0. The highest BCUT2D eigenvalue weighted by atomic mass is 35.5. The van der Waals surface area contributed by atoms with Gasteiger partial charge in [-0.1, -0.05) is 11.6 Å². The Balaban J connectivity index is 2.57. The van der Waals surface area contributed by atoms with Gasteiger partial charge in [0, 0.05) is 12.1 Å². The second kappa shape index (κ2) is 5.32. The molecule has 112 valence electrons. The molecule has 10 heteroatoms. The van der Waals surface area contributed by atoms with Crippen LogP contribution in [0.5, 0.6) is 0 Å². The third-order valence-corrected chi connectivity index (χ3v) is 3.06. The number of halogens is 4. The monoisotopic (exact) mass is 321 g/mol. The van der Waals surface area contributed by atoms with Gasteiger partial charge in [-0.25, -0.2) is 14.8 Å². The fraction of sp³-hybridized carbons (Fsp3) is 0.273. The van der Waals surface area contributed by atoms with Gasteiger partial charge in [-0.2, -0.15) is 13.2 Å². The molecule has 0 aliphatic carbocycles. The first-order valence-corrected chi connectivity index (χ1v) is 5.92. The van der Waals surface area contributed by atoms with Crippen molar-refractivity contribution in [1.29, 1.82) is 0 Å². The smallest absolute Gasteiger partial charge is 0.471 e. The first-order valence-electron chi connectivity index (χ1n) is 5.55. The Kier molecular flexibility index (Phi) is 3.86. The average molecular weight is 322 g/mol. The predicted molar refractivity (Wildman–Crippen MR) is 65.7 cm³/mol. The fourth-order valence-electron chi connectivity index (χ4n) is 1.81. The lowest BCUT2D eigenvalue weighted by Crippen LogP contribution is -2.42. The zero-order chi connectivity index (χ0) is 15.8. The minimum Gasteiger partial charge on any atom is -0.478 e. The van der Waals surface area contributed by atoms with E-state index in [0.29, 0.717) is 4.90 Å². The number of anilines is 1. The number of amides is 1. The molecule has 0 radical (unpaired) electrons. The van der Waals surface area contributed by atoms with Crippen LogP contribution >= 0.6 is 11.6 Å². The van der Waals surface area contributed by atoms with Gasteiger partial charge < -0.3 is 5.11 Å². The molecule has 1 N–H and O–H groups in total. The van der Waals surface area contributed by atoms with Gasteiger partial charge >= 0.3 is 18.1 Å². The van der Waals surface area contributed by atoms with Crippen molar-refractivity contribution in [3.05, 3.63) is 22.6 Å². The molecule has 1 aliphatic rings. The lowest BCUT2D eigenvalue weighted by Gasteiger charge is -2.22. The van der Waals surface area contributed by atoms with Gasteiger partial charge in [-0.3, -0.25) is 9.69 Å². The van der Waals surface area contributed by atoms with Crippen molar-refractivity contribution < 1.29 is 27.9 Å². The quantitative estimate of drug-likeness (QED) is 0.799. The molecule has 0 fully saturated rings. The normalized spacial score (nSPS) is 15.0. The summed E-state index contributed by atoms with van der Waals surface area (Å²) >= 11 is 5.76. The maximum Gasteiger partial charge on any atom is 0.471 e. The number of hydrogen-bond donors (Lipinski definition) is 1. The first-order chi connectivity index (χ1) is 9.71. The van der Waals surface area contributed by atoms with E-state index < -0.39 is 24.6 Å². The van der Waals surface area contributed by atoms with E-state index in [0.717, 1.165) is 12.4 Å². The Bertz CT molecular complexity index is 645. The van der Waals surface area contributed by atoms with Crippen molar-refractivity contribution in [2.75, 3.05) is 11.4 Å². The molecule has 0 bridgehead atoms. The average Bonchev–Trinajstić information content (AvgIpc) is 2.57. The molecule has 0 saturated heterocycles. The largest absolute Gasteiger partial charge is 0.478 e. The maximum atomic E-state index is 12.6. The fourth-order valence-corrected chi connectivity index (χ4v) is 1.99. The van der Waals surface area contributed by atoms with Gasteiger partial charge in [0.1, 0.15) is 17.3 Å². The molecule has 1 amide bonds. The zero-order valence-electron chi connectivity index (χ0n) is 10.2. The summed E-state index contributed by atoms with van der Waals surface area (Å²) in [5.41, 5.74) is -0.322. The highest BCUT2D eigenvalue weighted by molar-refractivity contribution is 6.31. The molecule has 0 atom stereocenters. The van der Waals surface area contributed by atoms with E-state index >= 15 is 0 Å². The number of carbonyl (C=O) groups is 2. The maximum absolute atomic E-state index is 12.6. The van der Waals surface area contributed by atoms with Crippen LogP contribution in [-0.2, 0) is 9.59 Å². The molecule has 0 aromatic carbocycles. The molecule has 2 heterocycles. The molecule has 1 aromatic heterocycles. The number of alkyl halides is 3. The lowest BCUT2D eigenvalue weighted by molar-refractivity contribution is -0.170. The molecule has 2 rings (SSSR count). The first kappa shape index (κ1) is 15.2. The number of nitrogens with zero attached hydrogens (tertiary/aromatic N) is 3. The molecule has 1 aromatic rings. The van der Waals surface area contributed by atoms with Gasteiger partial charge in [0.25, 0.3) is 0 Å². The molecule has 0 unspecified atom stereocenters. The Labute approximate surface area is 120 Å². The number of aromatic nitrogens is 2. The third-order valence-electron chi connectivity index (χ3n) is 2.76. The summed E-state index contributed by atoms with van der Waals surface area (Å²) < 4.78 is 37.8. The van der Waals surface area contributed by atoms with Crippen LogP contribution < -0.4 is 4.90 Å². The highest BCUT2D eigenvalue weighted by Crippen LogP contribution is 2.32. The van der Waals surface area contributed by atoms with Crippen LogP contribution in [0.4, 0.5) is 19.0 Å². The van der Waals surface area contributed by atoms with Crippen LogP contribution in [0.1, 0.15) is 12.0 Å². The van der Waals surface area contributed by atoms with E-state index in [-0.39, 0.29) is 28.5 Å². The highest BCUT2D eigenvalue weighted by Gasteiger charge is 2.44. The number of hydrogen-bond acceptors (Lipinski definition) is 4. The van der Waals surface area contributed by atoms with Crippen LogP contribution in [0.3, 0.4) is 0 Å². The van der Waals surface area contributed by atoms with Crippen molar-refractivity contribution in [2.24, 2.45) is 0 Å². The summed E-state index contributed by atoms with van der Waals surface area (Å²) in [5, 5.41) is 8.75. The number of carboxylic acids is 1. The Morgan fingerprint density at radius 1 is 1.33 bits per heavy atom.